The van der Waals surface area contributed by atoms with E-state index in [9.17, 15) is 0 Å². The van der Waals surface area contributed by atoms with Crippen molar-refractivity contribution in [3.8, 4) is 0 Å². The highest BCUT2D eigenvalue weighted by Crippen LogP contribution is 2.21. The Hall–Kier alpha value is -0.160. The molecule has 0 spiro atoms. The largest absolute Gasteiger partial charge is 0.376 e. The first-order chi connectivity index (χ1) is 6.24. The van der Waals surface area contributed by atoms with E-state index >= 15 is 0 Å². The van der Waals surface area contributed by atoms with Gasteiger partial charge in [-0.1, -0.05) is 0 Å². The van der Waals surface area contributed by atoms with E-state index in [2.05, 4.69) is 0 Å². The van der Waals surface area contributed by atoms with Gasteiger partial charge in [0.2, 0.25) is 0 Å². The van der Waals surface area contributed by atoms with Crippen LogP contribution < -0.4 is 0 Å². The first kappa shape index (κ1) is 10.9. The summed E-state index contributed by atoms with van der Waals surface area (Å²) in [5, 5.41) is 0. The van der Waals surface area contributed by atoms with Crippen molar-refractivity contribution in [2.45, 2.75) is 31.3 Å². The maximum atomic E-state index is 5.49. The summed E-state index contributed by atoms with van der Waals surface area (Å²) in [5.41, 5.74) is 0. The summed E-state index contributed by atoms with van der Waals surface area (Å²) in [6.45, 7) is 2.54. The molecule has 78 valence electrons. The topological polar surface area (TPSA) is 36.9 Å². The highest BCUT2D eigenvalue weighted by atomic mass is 16.6. The lowest BCUT2D eigenvalue weighted by atomic mass is 10.0. The maximum Gasteiger partial charge on any atom is 0.114 e. The zero-order valence-electron chi connectivity index (χ0n) is 8.65. The van der Waals surface area contributed by atoms with Gasteiger partial charge in [-0.3, -0.25) is 0 Å². The Labute approximate surface area is 79.1 Å². The second-order valence-corrected chi connectivity index (χ2v) is 3.21. The smallest absolute Gasteiger partial charge is 0.114 e. The average Bonchev–Trinajstić information content (AvgIpc) is 2.17. The van der Waals surface area contributed by atoms with E-state index in [1.54, 1.807) is 21.3 Å². The van der Waals surface area contributed by atoms with Gasteiger partial charge in [-0.05, 0) is 6.92 Å². The van der Waals surface area contributed by atoms with E-state index in [0.717, 1.165) is 0 Å². The Bertz CT molecular complexity index is 151. The molecular formula is C9H18O4. The number of hydrogen-bond donors (Lipinski definition) is 0. The normalized spacial score (nSPS) is 40.6. The second kappa shape index (κ2) is 4.91. The summed E-state index contributed by atoms with van der Waals surface area (Å²) in [7, 11) is 4.98. The highest BCUT2D eigenvalue weighted by Gasteiger charge is 2.39. The summed E-state index contributed by atoms with van der Waals surface area (Å²) in [4.78, 5) is 0. The summed E-state index contributed by atoms with van der Waals surface area (Å²) in [6.07, 6.45) is -0.0741. The van der Waals surface area contributed by atoms with Crippen LogP contribution in [0.5, 0.6) is 0 Å². The highest BCUT2D eigenvalue weighted by molar-refractivity contribution is 4.87. The molecule has 1 fully saturated rings. The number of ether oxygens (including phenoxy) is 4. The van der Waals surface area contributed by atoms with Crippen molar-refractivity contribution in [2.24, 2.45) is 0 Å². The molecule has 0 radical (unpaired) electrons. The van der Waals surface area contributed by atoms with Gasteiger partial charge >= 0.3 is 0 Å². The first-order valence-corrected chi connectivity index (χ1v) is 4.44. The molecule has 1 saturated heterocycles. The fraction of sp³-hybridized carbons (Fsp3) is 1.00. The third-order valence-corrected chi connectivity index (χ3v) is 2.52. The molecule has 13 heavy (non-hydrogen) atoms. The van der Waals surface area contributed by atoms with E-state index in [0.29, 0.717) is 6.61 Å². The van der Waals surface area contributed by atoms with Crippen LogP contribution in [0.2, 0.25) is 0 Å². The molecule has 0 aliphatic carbocycles. The van der Waals surface area contributed by atoms with Crippen LogP contribution in [0, 0.1) is 0 Å². The molecule has 4 atom stereocenters. The lowest BCUT2D eigenvalue weighted by Gasteiger charge is -2.39. The Morgan fingerprint density at radius 1 is 1.00 bits per heavy atom. The molecule has 1 aliphatic rings. The minimum absolute atomic E-state index is 0.0360. The van der Waals surface area contributed by atoms with E-state index in [1.807, 2.05) is 6.92 Å². The Balaban J connectivity index is 2.64. The molecular weight excluding hydrogens is 172 g/mol. The van der Waals surface area contributed by atoms with Crippen LogP contribution in [0.1, 0.15) is 6.92 Å². The lowest BCUT2D eigenvalue weighted by molar-refractivity contribution is -0.206. The number of hydrogen-bond acceptors (Lipinski definition) is 4. The molecule has 1 aliphatic heterocycles. The van der Waals surface area contributed by atoms with E-state index in [-0.39, 0.29) is 24.4 Å². The summed E-state index contributed by atoms with van der Waals surface area (Å²) in [6, 6.07) is 0. The molecule has 0 saturated carbocycles. The molecule has 0 N–H and O–H groups in total. The van der Waals surface area contributed by atoms with Gasteiger partial charge in [0.05, 0.1) is 12.7 Å². The third kappa shape index (κ3) is 2.20. The molecule has 1 rings (SSSR count). The van der Waals surface area contributed by atoms with Crippen molar-refractivity contribution in [1.82, 2.24) is 0 Å². The molecule has 3 unspecified atom stereocenters. The predicted molar refractivity (Wildman–Crippen MR) is 47.8 cm³/mol. The van der Waals surface area contributed by atoms with E-state index < -0.39 is 0 Å². The van der Waals surface area contributed by atoms with Crippen LogP contribution in [0.4, 0.5) is 0 Å². The van der Waals surface area contributed by atoms with Crippen LogP contribution in [-0.4, -0.2) is 52.4 Å². The molecule has 0 aromatic rings. The Morgan fingerprint density at radius 2 is 1.62 bits per heavy atom. The van der Waals surface area contributed by atoms with Crippen molar-refractivity contribution in [3.05, 3.63) is 0 Å². The Morgan fingerprint density at radius 3 is 2.08 bits per heavy atom. The van der Waals surface area contributed by atoms with Crippen molar-refractivity contribution in [2.75, 3.05) is 27.9 Å². The van der Waals surface area contributed by atoms with Gasteiger partial charge in [-0.15, -0.1) is 0 Å². The summed E-state index contributed by atoms with van der Waals surface area (Å²) < 4.78 is 21.4. The average molecular weight is 190 g/mol. The summed E-state index contributed by atoms with van der Waals surface area (Å²) in [5.74, 6) is 0. The number of rotatable bonds is 3. The van der Waals surface area contributed by atoms with Crippen LogP contribution in [-0.2, 0) is 18.9 Å². The van der Waals surface area contributed by atoms with E-state index in [4.69, 9.17) is 18.9 Å². The molecule has 4 nitrogen and oxygen atoms in total. The zero-order chi connectivity index (χ0) is 9.84. The fourth-order valence-electron chi connectivity index (χ4n) is 1.73. The third-order valence-electron chi connectivity index (χ3n) is 2.52. The van der Waals surface area contributed by atoms with Gasteiger partial charge < -0.3 is 18.9 Å². The van der Waals surface area contributed by atoms with Crippen LogP contribution in [0.15, 0.2) is 0 Å². The predicted octanol–water partition coefficient (Wildman–Crippen LogP) is 0.450. The van der Waals surface area contributed by atoms with Crippen molar-refractivity contribution >= 4 is 0 Å². The SMILES string of the molecule is COC1COC(C)[C@H](OC)C1OC. The van der Waals surface area contributed by atoms with Crippen LogP contribution in [0.3, 0.4) is 0 Å². The standard InChI is InChI=1S/C9H18O4/c1-6-8(11-3)9(12-4)7(10-2)5-13-6/h6-9H,5H2,1-4H3/t6?,7?,8-,9?/m0/s1. The summed E-state index contributed by atoms with van der Waals surface area (Å²) >= 11 is 0. The van der Waals surface area contributed by atoms with Gasteiger partial charge in [0.1, 0.15) is 18.3 Å². The molecule has 0 aromatic heterocycles. The van der Waals surface area contributed by atoms with Gasteiger partial charge in [-0.25, -0.2) is 0 Å². The molecule has 0 bridgehead atoms. The molecule has 4 heteroatoms. The minimum Gasteiger partial charge on any atom is -0.376 e. The van der Waals surface area contributed by atoms with Gasteiger partial charge in [0.15, 0.2) is 0 Å². The molecule has 0 amide bonds. The molecule has 1 heterocycles. The van der Waals surface area contributed by atoms with Crippen molar-refractivity contribution < 1.29 is 18.9 Å². The number of methoxy groups -OCH3 is 3. The van der Waals surface area contributed by atoms with Crippen molar-refractivity contribution in [3.63, 3.8) is 0 Å². The fourth-order valence-corrected chi connectivity index (χ4v) is 1.73. The van der Waals surface area contributed by atoms with Crippen LogP contribution >= 0.6 is 0 Å². The lowest BCUT2D eigenvalue weighted by Crippen LogP contribution is -2.54. The second-order valence-electron chi connectivity index (χ2n) is 3.21. The zero-order valence-corrected chi connectivity index (χ0v) is 8.65. The minimum atomic E-state index is -0.0521. The van der Waals surface area contributed by atoms with Gasteiger partial charge in [-0.2, -0.15) is 0 Å². The van der Waals surface area contributed by atoms with E-state index in [1.165, 1.54) is 0 Å². The van der Waals surface area contributed by atoms with Crippen LogP contribution in [0.25, 0.3) is 0 Å². The van der Waals surface area contributed by atoms with Gasteiger partial charge in [0, 0.05) is 21.3 Å². The maximum absolute atomic E-state index is 5.49. The molecule has 0 aromatic carbocycles. The Kier molecular flexibility index (Phi) is 4.12. The first-order valence-electron chi connectivity index (χ1n) is 4.44. The van der Waals surface area contributed by atoms with Gasteiger partial charge in [0.25, 0.3) is 0 Å². The quantitative estimate of drug-likeness (QED) is 0.647. The monoisotopic (exact) mass is 190 g/mol. The van der Waals surface area contributed by atoms with Crippen molar-refractivity contribution in [1.29, 1.82) is 0 Å².